The number of nitrogens with zero attached hydrogens (tertiary/aromatic N) is 5. The van der Waals surface area contributed by atoms with Crippen molar-refractivity contribution in [2.45, 2.75) is 6.92 Å². The number of nitriles is 1. The Morgan fingerprint density at radius 3 is 2.44 bits per heavy atom. The van der Waals surface area contributed by atoms with Gasteiger partial charge in [0.15, 0.2) is 0 Å². The molecule has 1 aliphatic rings. The molecule has 1 saturated heterocycles. The van der Waals surface area contributed by atoms with E-state index in [1.54, 1.807) is 19.2 Å². The van der Waals surface area contributed by atoms with E-state index in [2.05, 4.69) is 24.8 Å². The fraction of sp³-hybridized carbons (Fsp3) is 0.250. The first-order chi connectivity index (χ1) is 13.1. The molecule has 0 aliphatic carbocycles. The van der Waals surface area contributed by atoms with Gasteiger partial charge in [-0.25, -0.2) is 14.4 Å². The van der Waals surface area contributed by atoms with Gasteiger partial charge < -0.3 is 14.8 Å². The van der Waals surface area contributed by atoms with Crippen LogP contribution in [0.1, 0.15) is 11.3 Å². The van der Waals surface area contributed by atoms with E-state index in [-0.39, 0.29) is 5.82 Å². The number of benzene rings is 1. The molecule has 0 atom stereocenters. The summed E-state index contributed by atoms with van der Waals surface area (Å²) in [7, 11) is 0. The number of pyridine rings is 1. The number of aryl methyl sites for hydroxylation is 1. The predicted octanol–water partition coefficient (Wildman–Crippen LogP) is 3.12. The minimum absolute atomic E-state index is 0.162. The Labute approximate surface area is 156 Å². The number of halogens is 1. The number of hydrogen-bond acceptors (Lipinski definition) is 5. The van der Waals surface area contributed by atoms with Gasteiger partial charge in [-0.15, -0.1) is 0 Å². The van der Waals surface area contributed by atoms with E-state index in [0.29, 0.717) is 17.1 Å². The third kappa shape index (κ3) is 3.47. The molecule has 1 aromatic carbocycles. The number of H-pyrrole nitrogens is 1. The van der Waals surface area contributed by atoms with Crippen LogP contribution in [0.4, 0.5) is 15.9 Å². The molecule has 0 bridgehead atoms. The van der Waals surface area contributed by atoms with E-state index >= 15 is 0 Å². The van der Waals surface area contributed by atoms with Gasteiger partial charge in [0.05, 0.1) is 6.20 Å². The van der Waals surface area contributed by atoms with Crippen LogP contribution >= 0.6 is 0 Å². The lowest BCUT2D eigenvalue weighted by Gasteiger charge is -2.36. The molecule has 0 spiro atoms. The lowest BCUT2D eigenvalue weighted by Crippen LogP contribution is -2.46. The van der Waals surface area contributed by atoms with Gasteiger partial charge in [0.2, 0.25) is 0 Å². The average Bonchev–Trinajstić information content (AvgIpc) is 3.20. The molecule has 4 rings (SSSR count). The Morgan fingerprint density at radius 2 is 1.81 bits per heavy atom. The minimum Gasteiger partial charge on any atom is -0.368 e. The fourth-order valence-corrected chi connectivity index (χ4v) is 3.21. The zero-order valence-electron chi connectivity index (χ0n) is 15.0. The molecule has 2 aromatic heterocycles. The van der Waals surface area contributed by atoms with Crippen molar-refractivity contribution >= 4 is 11.5 Å². The molecule has 0 unspecified atom stereocenters. The van der Waals surface area contributed by atoms with Gasteiger partial charge in [-0.1, -0.05) is 6.07 Å². The highest BCUT2D eigenvalue weighted by Crippen LogP contribution is 2.23. The first-order valence-electron chi connectivity index (χ1n) is 8.81. The van der Waals surface area contributed by atoms with E-state index in [4.69, 9.17) is 5.26 Å². The molecular weight excluding hydrogens is 343 g/mol. The van der Waals surface area contributed by atoms with Crippen LogP contribution in [0.5, 0.6) is 0 Å². The summed E-state index contributed by atoms with van der Waals surface area (Å²) in [6.07, 6.45) is 3.27. The maximum atomic E-state index is 13.8. The molecule has 6 nitrogen and oxygen atoms in total. The summed E-state index contributed by atoms with van der Waals surface area (Å²) in [5.74, 6) is 1.38. The van der Waals surface area contributed by atoms with Crippen LogP contribution in [0.3, 0.4) is 0 Å². The van der Waals surface area contributed by atoms with Crippen molar-refractivity contribution in [3.63, 3.8) is 0 Å². The summed E-state index contributed by atoms with van der Waals surface area (Å²) < 4.78 is 13.8. The van der Waals surface area contributed by atoms with Crippen molar-refractivity contribution < 1.29 is 4.39 Å². The van der Waals surface area contributed by atoms with E-state index < -0.39 is 0 Å². The van der Waals surface area contributed by atoms with E-state index in [1.165, 1.54) is 6.20 Å². The number of nitrogens with one attached hydrogen (secondary N) is 1. The molecule has 1 aliphatic heterocycles. The lowest BCUT2D eigenvalue weighted by molar-refractivity contribution is 0.612. The van der Waals surface area contributed by atoms with Gasteiger partial charge in [0.25, 0.3) is 0 Å². The molecule has 7 heteroatoms. The SMILES string of the molecule is Cc1ccc(N2CCN(c3ccc(-c4ncc(C#N)[nH]4)cn3)CC2)cc1F. The first kappa shape index (κ1) is 17.0. The Morgan fingerprint density at radius 1 is 1.04 bits per heavy atom. The van der Waals surface area contributed by atoms with Crippen LogP contribution in [0.2, 0.25) is 0 Å². The second-order valence-corrected chi connectivity index (χ2v) is 6.57. The molecular formula is C20H19FN6. The van der Waals surface area contributed by atoms with E-state index in [0.717, 1.165) is 43.2 Å². The van der Waals surface area contributed by atoms with Gasteiger partial charge in [0.1, 0.15) is 29.2 Å². The fourth-order valence-electron chi connectivity index (χ4n) is 3.21. The monoisotopic (exact) mass is 362 g/mol. The highest BCUT2D eigenvalue weighted by molar-refractivity contribution is 5.58. The van der Waals surface area contributed by atoms with Crippen LogP contribution in [0.15, 0.2) is 42.7 Å². The van der Waals surface area contributed by atoms with Gasteiger partial charge in [-0.2, -0.15) is 5.26 Å². The molecule has 136 valence electrons. The summed E-state index contributed by atoms with van der Waals surface area (Å²) in [6.45, 7) is 5.05. The third-order valence-corrected chi connectivity index (χ3v) is 4.84. The van der Waals surface area contributed by atoms with Crippen molar-refractivity contribution in [3.05, 3.63) is 59.8 Å². The average molecular weight is 362 g/mol. The Balaban J connectivity index is 1.42. The first-order valence-corrected chi connectivity index (χ1v) is 8.81. The van der Waals surface area contributed by atoms with Crippen molar-refractivity contribution in [2.24, 2.45) is 0 Å². The van der Waals surface area contributed by atoms with Crippen LogP contribution in [-0.2, 0) is 0 Å². The van der Waals surface area contributed by atoms with Crippen molar-refractivity contribution in [3.8, 4) is 17.5 Å². The predicted molar refractivity (Wildman–Crippen MR) is 102 cm³/mol. The molecule has 1 fully saturated rings. The maximum Gasteiger partial charge on any atom is 0.139 e. The summed E-state index contributed by atoms with van der Waals surface area (Å²) >= 11 is 0. The van der Waals surface area contributed by atoms with Crippen LogP contribution < -0.4 is 9.80 Å². The number of anilines is 2. The lowest BCUT2D eigenvalue weighted by atomic mass is 10.2. The quantitative estimate of drug-likeness (QED) is 0.775. The highest BCUT2D eigenvalue weighted by atomic mass is 19.1. The molecule has 27 heavy (non-hydrogen) atoms. The zero-order valence-corrected chi connectivity index (χ0v) is 15.0. The van der Waals surface area contributed by atoms with Crippen LogP contribution in [0.25, 0.3) is 11.4 Å². The number of aromatic nitrogens is 3. The number of aromatic amines is 1. The number of imidazole rings is 1. The van der Waals surface area contributed by atoms with Crippen LogP contribution in [-0.4, -0.2) is 41.1 Å². The minimum atomic E-state index is -0.162. The second-order valence-electron chi connectivity index (χ2n) is 6.57. The van der Waals surface area contributed by atoms with E-state index in [9.17, 15) is 4.39 Å². The Hall–Kier alpha value is -3.40. The zero-order chi connectivity index (χ0) is 18.8. The molecule has 0 saturated carbocycles. The maximum absolute atomic E-state index is 13.8. The largest absolute Gasteiger partial charge is 0.368 e. The van der Waals surface area contributed by atoms with Gasteiger partial charge in [-0.05, 0) is 36.8 Å². The molecule has 3 aromatic rings. The summed E-state index contributed by atoms with van der Waals surface area (Å²) in [5, 5.41) is 8.88. The van der Waals surface area contributed by atoms with Gasteiger partial charge in [-0.3, -0.25) is 0 Å². The third-order valence-electron chi connectivity index (χ3n) is 4.84. The number of hydrogen-bond donors (Lipinski definition) is 1. The second kappa shape index (κ2) is 7.08. The van der Waals surface area contributed by atoms with Crippen molar-refractivity contribution in [1.82, 2.24) is 15.0 Å². The summed E-state index contributed by atoms with van der Waals surface area (Å²) in [6, 6.07) is 11.3. The highest BCUT2D eigenvalue weighted by Gasteiger charge is 2.19. The standard InChI is InChI=1S/C20H19FN6/c1-14-2-4-17(10-18(14)21)26-6-8-27(9-7-26)19-5-3-15(12-23-19)20-24-13-16(11-22)25-20/h2-5,10,12-13H,6-9H2,1H3,(H,24,25). The smallest absolute Gasteiger partial charge is 0.139 e. The molecule has 3 heterocycles. The Bertz CT molecular complexity index is 980. The Kier molecular flexibility index (Phi) is 4.47. The number of rotatable bonds is 3. The van der Waals surface area contributed by atoms with E-state index in [1.807, 2.05) is 30.3 Å². The van der Waals surface area contributed by atoms with Crippen molar-refractivity contribution in [2.75, 3.05) is 36.0 Å². The summed E-state index contributed by atoms with van der Waals surface area (Å²) in [5.41, 5.74) is 2.86. The number of piperazine rings is 1. The van der Waals surface area contributed by atoms with Crippen LogP contribution in [0, 0.1) is 24.1 Å². The van der Waals surface area contributed by atoms with Crippen molar-refractivity contribution in [1.29, 1.82) is 5.26 Å². The molecule has 0 radical (unpaired) electrons. The van der Waals surface area contributed by atoms with Gasteiger partial charge >= 0.3 is 0 Å². The normalized spacial score (nSPS) is 14.3. The molecule has 1 N–H and O–H groups in total. The van der Waals surface area contributed by atoms with Gasteiger partial charge in [0, 0.05) is 43.6 Å². The summed E-state index contributed by atoms with van der Waals surface area (Å²) in [4.78, 5) is 16.1. The topological polar surface area (TPSA) is 71.8 Å². The molecule has 0 amide bonds.